The minimum Gasteiger partial charge on any atom is -0.494 e. The van der Waals surface area contributed by atoms with Gasteiger partial charge in [0.1, 0.15) is 5.75 Å². The Morgan fingerprint density at radius 1 is 1.16 bits per heavy atom. The molecule has 0 N–H and O–H groups in total. The Morgan fingerprint density at radius 2 is 1.97 bits per heavy atom. The van der Waals surface area contributed by atoms with Crippen LogP contribution in [0, 0.1) is 5.41 Å². The van der Waals surface area contributed by atoms with E-state index in [1.807, 2.05) is 48.8 Å². The number of thiazole rings is 1. The highest BCUT2D eigenvalue weighted by Gasteiger charge is 2.42. The maximum Gasteiger partial charge on any atom is 0.312 e. The Bertz CT molecular complexity index is 948. The molecule has 3 heterocycles. The molecule has 7 heteroatoms. The van der Waals surface area contributed by atoms with Gasteiger partial charge in [-0.05, 0) is 63.5 Å². The summed E-state index contributed by atoms with van der Waals surface area (Å²) < 4.78 is 13.5. The summed E-state index contributed by atoms with van der Waals surface area (Å²) in [6.07, 6.45) is 6.12. The Hall–Kier alpha value is -2.64. The second-order valence-corrected chi connectivity index (χ2v) is 8.75. The van der Waals surface area contributed by atoms with Crippen LogP contribution in [0.15, 0.2) is 60.2 Å². The number of carbonyl (C=O) groups is 1. The first-order chi connectivity index (χ1) is 15.2. The molecule has 3 aromatic rings. The molecule has 31 heavy (non-hydrogen) atoms. The van der Waals surface area contributed by atoms with E-state index in [1.54, 1.807) is 11.3 Å². The first kappa shape index (κ1) is 21.6. The normalized spacial score (nSPS) is 16.2. The monoisotopic (exact) mass is 439 g/mol. The van der Waals surface area contributed by atoms with Crippen LogP contribution in [0.5, 0.6) is 5.75 Å². The second kappa shape index (κ2) is 10.1. The molecule has 1 fully saturated rings. The van der Waals surface area contributed by atoms with Crippen LogP contribution in [0.3, 0.4) is 0 Å². The average Bonchev–Trinajstić information content (AvgIpc) is 3.48. The molecule has 0 spiro atoms. The number of ether oxygens (including phenoxy) is 2. The molecule has 0 amide bonds. The van der Waals surface area contributed by atoms with E-state index in [2.05, 4.69) is 32.8 Å². The second-order valence-electron chi connectivity index (χ2n) is 7.87. The summed E-state index contributed by atoms with van der Waals surface area (Å²) in [5, 5.41) is 2.97. The van der Waals surface area contributed by atoms with Crippen LogP contribution in [0.2, 0.25) is 0 Å². The van der Waals surface area contributed by atoms with Crippen LogP contribution in [-0.4, -0.2) is 46.7 Å². The zero-order valence-electron chi connectivity index (χ0n) is 17.9. The zero-order valence-corrected chi connectivity index (χ0v) is 18.7. The third-order valence-corrected chi connectivity index (χ3v) is 6.73. The number of hydrogen-bond acceptors (Lipinski definition) is 6. The number of benzene rings is 1. The Labute approximate surface area is 187 Å². The van der Waals surface area contributed by atoms with Crippen LogP contribution in [0.25, 0.3) is 5.13 Å². The molecule has 1 aliphatic rings. The van der Waals surface area contributed by atoms with Crippen molar-refractivity contribution < 1.29 is 14.3 Å². The van der Waals surface area contributed by atoms with Gasteiger partial charge in [0.15, 0.2) is 5.13 Å². The van der Waals surface area contributed by atoms with E-state index < -0.39 is 5.41 Å². The minimum absolute atomic E-state index is 0.0857. The van der Waals surface area contributed by atoms with E-state index >= 15 is 0 Å². The molecule has 1 aliphatic heterocycles. The van der Waals surface area contributed by atoms with E-state index in [0.29, 0.717) is 19.6 Å². The lowest BCUT2D eigenvalue weighted by Crippen LogP contribution is -2.45. The average molecular weight is 440 g/mol. The van der Waals surface area contributed by atoms with Crippen molar-refractivity contribution in [3.63, 3.8) is 0 Å². The summed E-state index contributed by atoms with van der Waals surface area (Å²) in [6, 6.07) is 14.0. The largest absolute Gasteiger partial charge is 0.494 e. The zero-order chi connectivity index (χ0) is 21.5. The fourth-order valence-corrected chi connectivity index (χ4v) is 4.81. The van der Waals surface area contributed by atoms with Crippen molar-refractivity contribution in [3.8, 4) is 10.9 Å². The van der Waals surface area contributed by atoms with Crippen LogP contribution in [-0.2, 0) is 16.1 Å². The molecule has 2 aromatic heterocycles. The smallest absolute Gasteiger partial charge is 0.312 e. The molecule has 0 saturated carbocycles. The van der Waals surface area contributed by atoms with Gasteiger partial charge in [-0.25, -0.2) is 4.98 Å². The van der Waals surface area contributed by atoms with E-state index in [-0.39, 0.29) is 5.97 Å². The standard InChI is InChI=1S/C24H29N3O3S/c1-2-29-22(28)24(12-17-30-21-8-4-3-5-9-21)10-15-26(16-11-24)19-20-7-6-14-27(20)23-25-13-18-31-23/h3-9,13-14,18H,2,10-12,15-17,19H2,1H3. The van der Waals surface area contributed by atoms with Gasteiger partial charge >= 0.3 is 5.97 Å². The SMILES string of the molecule is CCOC(=O)C1(CCOc2ccccc2)CCN(Cc2cccn2-c2nccs2)CC1. The summed E-state index contributed by atoms with van der Waals surface area (Å²) in [5.74, 6) is 0.749. The van der Waals surface area contributed by atoms with Crippen LogP contribution in [0.1, 0.15) is 31.9 Å². The van der Waals surface area contributed by atoms with Crippen molar-refractivity contribution in [2.75, 3.05) is 26.3 Å². The van der Waals surface area contributed by atoms with Gasteiger partial charge in [-0.15, -0.1) is 11.3 Å². The number of hydrogen-bond donors (Lipinski definition) is 0. The quantitative estimate of drug-likeness (QED) is 0.458. The molecular weight excluding hydrogens is 410 g/mol. The molecule has 0 unspecified atom stereocenters. The number of nitrogens with zero attached hydrogens (tertiary/aromatic N) is 3. The number of aromatic nitrogens is 2. The molecule has 1 saturated heterocycles. The summed E-state index contributed by atoms with van der Waals surface area (Å²) in [6.45, 7) is 5.33. The number of piperidine rings is 1. The summed E-state index contributed by atoms with van der Waals surface area (Å²) in [7, 11) is 0. The highest BCUT2D eigenvalue weighted by Crippen LogP contribution is 2.37. The van der Waals surface area contributed by atoms with Gasteiger partial charge in [0.05, 0.1) is 18.6 Å². The molecule has 164 valence electrons. The first-order valence-electron chi connectivity index (χ1n) is 10.8. The molecule has 0 radical (unpaired) electrons. The van der Waals surface area contributed by atoms with Crippen molar-refractivity contribution in [3.05, 3.63) is 65.9 Å². The lowest BCUT2D eigenvalue weighted by molar-refractivity contribution is -0.159. The van der Waals surface area contributed by atoms with E-state index in [4.69, 9.17) is 9.47 Å². The molecule has 1 aromatic carbocycles. The lowest BCUT2D eigenvalue weighted by atomic mass is 9.75. The molecule has 0 bridgehead atoms. The van der Waals surface area contributed by atoms with Gasteiger partial charge in [-0.2, -0.15) is 0 Å². The minimum atomic E-state index is -0.474. The van der Waals surface area contributed by atoms with Gasteiger partial charge in [0, 0.05) is 30.0 Å². The molecule has 4 rings (SSSR count). The summed E-state index contributed by atoms with van der Waals surface area (Å²) >= 11 is 1.63. The predicted molar refractivity (Wildman–Crippen MR) is 122 cm³/mol. The van der Waals surface area contributed by atoms with Gasteiger partial charge in [-0.1, -0.05) is 18.2 Å². The van der Waals surface area contributed by atoms with Gasteiger partial charge in [0.25, 0.3) is 0 Å². The molecule has 6 nitrogen and oxygen atoms in total. The van der Waals surface area contributed by atoms with Crippen LogP contribution >= 0.6 is 11.3 Å². The van der Waals surface area contributed by atoms with Gasteiger partial charge in [-0.3, -0.25) is 14.3 Å². The Kier molecular flexibility index (Phi) is 7.04. The number of rotatable bonds is 9. The highest BCUT2D eigenvalue weighted by molar-refractivity contribution is 7.12. The fraction of sp³-hybridized carbons (Fsp3) is 0.417. The van der Waals surface area contributed by atoms with Gasteiger partial charge in [0.2, 0.25) is 0 Å². The first-order valence-corrected chi connectivity index (χ1v) is 11.7. The maximum absolute atomic E-state index is 12.9. The van der Waals surface area contributed by atoms with Crippen molar-refractivity contribution in [1.82, 2.24) is 14.5 Å². The van der Waals surface area contributed by atoms with E-state index in [9.17, 15) is 4.79 Å². The van der Waals surface area contributed by atoms with Crippen molar-refractivity contribution in [2.24, 2.45) is 5.41 Å². The third kappa shape index (κ3) is 5.17. The Balaban J connectivity index is 1.37. The number of carbonyl (C=O) groups excluding carboxylic acids is 1. The fourth-order valence-electron chi connectivity index (χ4n) is 4.16. The third-order valence-electron chi connectivity index (χ3n) is 5.96. The topological polar surface area (TPSA) is 56.6 Å². The molecule has 0 aliphatic carbocycles. The Morgan fingerprint density at radius 3 is 2.68 bits per heavy atom. The van der Waals surface area contributed by atoms with Crippen LogP contribution in [0.4, 0.5) is 0 Å². The lowest BCUT2D eigenvalue weighted by Gasteiger charge is -2.40. The summed E-state index contributed by atoms with van der Waals surface area (Å²) in [4.78, 5) is 19.7. The van der Waals surface area contributed by atoms with Crippen molar-refractivity contribution in [1.29, 1.82) is 0 Å². The van der Waals surface area contributed by atoms with Crippen molar-refractivity contribution in [2.45, 2.75) is 32.7 Å². The molecular formula is C24H29N3O3S. The predicted octanol–water partition coefficient (Wildman–Crippen LogP) is 4.55. The van der Waals surface area contributed by atoms with E-state index in [1.165, 1.54) is 5.69 Å². The van der Waals surface area contributed by atoms with Crippen LogP contribution < -0.4 is 4.74 Å². The maximum atomic E-state index is 12.9. The number of esters is 1. The summed E-state index contributed by atoms with van der Waals surface area (Å²) in [5.41, 5.74) is 0.740. The van der Waals surface area contributed by atoms with Crippen molar-refractivity contribution >= 4 is 17.3 Å². The van der Waals surface area contributed by atoms with Gasteiger partial charge < -0.3 is 9.47 Å². The van der Waals surface area contributed by atoms with E-state index in [0.717, 1.165) is 43.4 Å². The number of likely N-dealkylation sites (tertiary alicyclic amines) is 1. The molecule has 0 atom stereocenters. The number of para-hydroxylation sites is 1. The highest BCUT2D eigenvalue weighted by atomic mass is 32.1.